The Labute approximate surface area is 219 Å². The van der Waals surface area contributed by atoms with Crippen molar-refractivity contribution in [2.75, 3.05) is 26.4 Å². The third kappa shape index (κ3) is 10.0. The fraction of sp³-hybridized carbons (Fsp3) is 0.500. The Morgan fingerprint density at radius 2 is 1.76 bits per heavy atom. The summed E-state index contributed by atoms with van der Waals surface area (Å²) in [6.45, 7) is 2.36. The molecule has 0 saturated heterocycles. The summed E-state index contributed by atoms with van der Waals surface area (Å²) in [4.78, 5) is 11.4. The molecule has 1 aliphatic carbocycles. The maximum absolute atomic E-state index is 11.4. The van der Waals surface area contributed by atoms with Gasteiger partial charge in [-0.3, -0.25) is 0 Å². The number of rotatable bonds is 12. The molecule has 10 nitrogen and oxygen atoms in total. The lowest BCUT2D eigenvalue weighted by Crippen LogP contribution is -2.39. The van der Waals surface area contributed by atoms with Crippen molar-refractivity contribution in [1.29, 1.82) is 0 Å². The molecule has 11 heteroatoms. The first-order chi connectivity index (χ1) is 17.3. The van der Waals surface area contributed by atoms with Crippen LogP contribution in [0.15, 0.2) is 46.8 Å². The van der Waals surface area contributed by atoms with Crippen LogP contribution in [0.5, 0.6) is 17.2 Å². The van der Waals surface area contributed by atoms with E-state index in [2.05, 4.69) is 9.68 Å². The number of esters is 1. The van der Waals surface area contributed by atoms with E-state index in [-0.39, 0.29) is 38.0 Å². The fourth-order valence-electron chi connectivity index (χ4n) is 4.11. The zero-order valence-electron chi connectivity index (χ0n) is 20.1. The van der Waals surface area contributed by atoms with Gasteiger partial charge in [0.05, 0.1) is 6.61 Å². The van der Waals surface area contributed by atoms with E-state index in [4.69, 9.17) is 14.2 Å². The summed E-state index contributed by atoms with van der Waals surface area (Å²) in [5.74, 6) is 0.727. The summed E-state index contributed by atoms with van der Waals surface area (Å²) in [6, 6.07) is 12.2. The molecule has 0 aliphatic heterocycles. The highest BCUT2D eigenvalue weighted by Crippen LogP contribution is 2.34. The smallest absolute Gasteiger partial charge is 0.344 e. The monoisotopic (exact) mass is 536 g/mol. The van der Waals surface area contributed by atoms with E-state index >= 15 is 0 Å². The molecule has 37 heavy (non-hydrogen) atoms. The van der Waals surface area contributed by atoms with Crippen LogP contribution in [0.1, 0.15) is 51.5 Å². The summed E-state index contributed by atoms with van der Waals surface area (Å²) in [7, 11) is -2.69. The minimum atomic E-state index is -2.69. The van der Waals surface area contributed by atoms with Crippen LogP contribution in [-0.2, 0) is 20.0 Å². The van der Waals surface area contributed by atoms with Gasteiger partial charge in [0, 0.05) is 18.7 Å². The zero-order chi connectivity index (χ0) is 25.9. The topological polar surface area (TPSA) is 144 Å². The van der Waals surface area contributed by atoms with E-state index in [9.17, 15) is 23.4 Å². The maximum atomic E-state index is 11.4. The van der Waals surface area contributed by atoms with E-state index in [1.807, 2.05) is 24.3 Å². The number of hydrogen-bond acceptors (Lipinski definition) is 10. The van der Waals surface area contributed by atoms with Gasteiger partial charge in [-0.05, 0) is 68.4 Å². The van der Waals surface area contributed by atoms with Gasteiger partial charge in [0.2, 0.25) is 0 Å². The van der Waals surface area contributed by atoms with Gasteiger partial charge >= 0.3 is 16.5 Å². The predicted octanol–water partition coefficient (Wildman–Crippen LogP) is 3.72. The van der Waals surface area contributed by atoms with Crippen molar-refractivity contribution in [2.45, 2.75) is 58.1 Å². The molecule has 0 aromatic heterocycles. The first-order valence-electron chi connectivity index (χ1n) is 11.9. The highest BCUT2D eigenvalue weighted by Gasteiger charge is 2.23. The van der Waals surface area contributed by atoms with E-state index in [0.717, 1.165) is 25.7 Å². The number of aliphatic hydroxyl groups is 1. The Kier molecular flexibility index (Phi) is 12.3. The number of nitrogens with zero attached hydrogens (tertiary/aromatic N) is 1. The average molecular weight is 537 g/mol. The van der Waals surface area contributed by atoms with E-state index in [1.165, 1.54) is 23.8 Å². The minimum Gasteiger partial charge on any atom is -0.506 e. The van der Waals surface area contributed by atoms with Gasteiger partial charge in [-0.15, -0.1) is 4.36 Å². The van der Waals surface area contributed by atoms with E-state index in [0.29, 0.717) is 36.6 Å². The third-order valence-corrected chi connectivity index (χ3v) is 6.29. The maximum Gasteiger partial charge on any atom is 0.344 e. The van der Waals surface area contributed by atoms with Gasteiger partial charge in [0.15, 0.2) is 6.61 Å². The van der Waals surface area contributed by atoms with Crippen LogP contribution in [0.25, 0.3) is 0 Å². The number of carbonyl (C=O) groups excluding carboxylic acids is 1. The predicted molar refractivity (Wildman–Crippen MR) is 139 cm³/mol. The molecule has 3 rings (SSSR count). The first kappa shape index (κ1) is 30.1. The molecule has 0 spiro atoms. The second-order valence-corrected chi connectivity index (χ2v) is 9.16. The molecule has 3 N–H and O–H groups in total. The quantitative estimate of drug-likeness (QED) is 0.346. The average Bonchev–Trinajstić information content (AvgIpc) is 2.87. The highest BCUT2D eigenvalue weighted by atomic mass is 32.2. The van der Waals surface area contributed by atoms with Crippen molar-refractivity contribution in [1.82, 2.24) is 5.32 Å². The van der Waals surface area contributed by atoms with Gasteiger partial charge in [0.25, 0.3) is 0 Å². The summed E-state index contributed by atoms with van der Waals surface area (Å²) < 4.78 is 40.6. The number of phenolic OH excluding ortho intramolecular Hbond substituents is 1. The minimum absolute atomic E-state index is 0. The fourth-order valence-corrected chi connectivity index (χ4v) is 4.42. The van der Waals surface area contributed by atoms with Crippen LogP contribution in [0, 0.1) is 0 Å². The highest BCUT2D eigenvalue weighted by molar-refractivity contribution is 7.61. The third-order valence-electron chi connectivity index (χ3n) is 5.94. The van der Waals surface area contributed by atoms with Crippen LogP contribution in [0.2, 0.25) is 0 Å². The lowest BCUT2D eigenvalue weighted by molar-refractivity contribution is -0.145. The van der Waals surface area contributed by atoms with Crippen molar-refractivity contribution in [3.63, 3.8) is 0 Å². The molecule has 1 saturated carbocycles. The Balaban J connectivity index is 0.00000481. The molecule has 2 aromatic carbocycles. The van der Waals surface area contributed by atoms with Gasteiger partial charge in [-0.2, -0.15) is 8.42 Å². The number of benzene rings is 2. The summed E-state index contributed by atoms with van der Waals surface area (Å²) in [5, 5.41) is 23.3. The standard InChI is InChI=1S/C25H32N2O8S.CH4/c1-2-33-25(30)16-35-21-9-5-18(6-10-21)17-3-7-19(8-4-17)26-14-20(28)15-34-22-11-12-24(29)23(13-22)27-36(31)32;/h5-6,9-13,17,19-20,26,28-29H,2-4,7-8,14-16H2,1H3;1H4/t17?,19?,20-;/m0./s1. The van der Waals surface area contributed by atoms with Crippen LogP contribution < -0.4 is 14.8 Å². The molecule has 1 atom stereocenters. The number of hydrogen-bond donors (Lipinski definition) is 3. The molecule has 1 fully saturated rings. The van der Waals surface area contributed by atoms with Crippen molar-refractivity contribution in [3.05, 3.63) is 48.0 Å². The Hall–Kier alpha value is -3.15. The van der Waals surface area contributed by atoms with Crippen molar-refractivity contribution >= 4 is 22.2 Å². The van der Waals surface area contributed by atoms with Crippen molar-refractivity contribution < 1.29 is 37.6 Å². The van der Waals surface area contributed by atoms with Gasteiger partial charge in [-0.25, -0.2) is 4.79 Å². The van der Waals surface area contributed by atoms with Gasteiger partial charge in [-0.1, -0.05) is 19.6 Å². The molecule has 0 amide bonds. The van der Waals surface area contributed by atoms with Crippen LogP contribution in [0.3, 0.4) is 0 Å². The second kappa shape index (κ2) is 15.2. The molecule has 2 aromatic rings. The number of ether oxygens (including phenoxy) is 3. The largest absolute Gasteiger partial charge is 0.506 e. The van der Waals surface area contributed by atoms with E-state index < -0.39 is 16.6 Å². The summed E-state index contributed by atoms with van der Waals surface area (Å²) >= 11 is 0. The molecular formula is C26H36N2O8S. The van der Waals surface area contributed by atoms with Gasteiger partial charge < -0.3 is 29.7 Å². The number of phenols is 1. The molecule has 204 valence electrons. The lowest BCUT2D eigenvalue weighted by atomic mass is 9.81. The van der Waals surface area contributed by atoms with Crippen molar-refractivity contribution in [2.24, 2.45) is 4.36 Å². The van der Waals surface area contributed by atoms with Crippen LogP contribution in [-0.4, -0.2) is 63.1 Å². The SMILES string of the molecule is C.CCOC(=O)COc1ccc(C2CCC(NC[C@H](O)COc3ccc(O)c(N=S(=O)=O)c3)CC2)cc1. The normalized spacial score (nSPS) is 17.7. The molecule has 0 heterocycles. The summed E-state index contributed by atoms with van der Waals surface area (Å²) in [5.41, 5.74) is 1.12. The van der Waals surface area contributed by atoms with Crippen LogP contribution >= 0.6 is 0 Å². The molecule has 1 aliphatic rings. The zero-order valence-corrected chi connectivity index (χ0v) is 20.9. The summed E-state index contributed by atoms with van der Waals surface area (Å²) in [6.07, 6.45) is 3.25. The second-order valence-electron chi connectivity index (χ2n) is 8.54. The Morgan fingerprint density at radius 1 is 1.08 bits per heavy atom. The number of aliphatic hydroxyl groups excluding tert-OH is 1. The number of aromatic hydroxyl groups is 1. The lowest BCUT2D eigenvalue weighted by Gasteiger charge is -2.30. The van der Waals surface area contributed by atoms with Crippen LogP contribution in [0.4, 0.5) is 5.69 Å². The first-order valence-corrected chi connectivity index (χ1v) is 12.9. The molecule has 0 unspecified atom stereocenters. The molecule has 0 radical (unpaired) electrons. The number of nitrogens with one attached hydrogen (secondary N) is 1. The van der Waals surface area contributed by atoms with E-state index in [1.54, 1.807) is 6.92 Å². The number of carbonyl (C=O) groups is 1. The Bertz CT molecular complexity index is 1120. The van der Waals surface area contributed by atoms with Crippen molar-refractivity contribution in [3.8, 4) is 17.2 Å². The molecule has 0 bridgehead atoms. The van der Waals surface area contributed by atoms with Gasteiger partial charge in [0.1, 0.15) is 35.6 Å². The Morgan fingerprint density at radius 3 is 2.41 bits per heavy atom. The molecular weight excluding hydrogens is 500 g/mol.